The van der Waals surface area contributed by atoms with Gasteiger partial charge in [0.05, 0.1) is 11.3 Å². The Bertz CT molecular complexity index is 1090. The number of benzene rings is 1. The van der Waals surface area contributed by atoms with Gasteiger partial charge in [0.1, 0.15) is 21.3 Å². The number of rotatable bonds is 5. The highest BCUT2D eigenvalue weighted by Crippen LogP contribution is 2.40. The summed E-state index contributed by atoms with van der Waals surface area (Å²) in [5.74, 6) is -1.18. The molecule has 1 fully saturated rings. The van der Waals surface area contributed by atoms with Crippen LogP contribution in [0.15, 0.2) is 30.3 Å². The Morgan fingerprint density at radius 3 is 2.48 bits per heavy atom. The van der Waals surface area contributed by atoms with Crippen molar-refractivity contribution in [1.82, 2.24) is 9.97 Å². The Hall–Kier alpha value is -2.95. The van der Waals surface area contributed by atoms with Crippen molar-refractivity contribution in [2.75, 3.05) is 23.3 Å². The van der Waals surface area contributed by atoms with Crippen LogP contribution < -0.4 is 10.2 Å². The summed E-state index contributed by atoms with van der Waals surface area (Å²) in [5, 5.41) is 12.5. The number of hydrogen-bond donors (Lipinski definition) is 2. The molecule has 0 unspecified atom stereocenters. The van der Waals surface area contributed by atoms with E-state index in [9.17, 15) is 22.4 Å². The van der Waals surface area contributed by atoms with Crippen LogP contribution in [-0.4, -0.2) is 34.1 Å². The molecule has 4 rings (SSSR count). The molecular weight excluding hydrogens is 436 g/mol. The maximum absolute atomic E-state index is 13.3. The molecule has 2 aromatic heterocycles. The number of thiophene rings is 1. The van der Waals surface area contributed by atoms with Crippen molar-refractivity contribution in [3.05, 3.63) is 46.6 Å². The van der Waals surface area contributed by atoms with Gasteiger partial charge in [0, 0.05) is 19.6 Å². The van der Waals surface area contributed by atoms with Crippen LogP contribution >= 0.6 is 11.3 Å². The number of hydrogen-bond acceptors (Lipinski definition) is 6. The molecule has 0 atom stereocenters. The summed E-state index contributed by atoms with van der Waals surface area (Å²) in [6.45, 7) is 1.04. The number of nitrogens with one attached hydrogen (secondary N) is 1. The van der Waals surface area contributed by atoms with Crippen LogP contribution in [0.2, 0.25) is 0 Å². The molecule has 0 aliphatic carbocycles. The molecule has 11 heteroatoms. The first-order valence-corrected chi connectivity index (χ1v) is 10.4. The van der Waals surface area contributed by atoms with Crippen molar-refractivity contribution >= 4 is 39.3 Å². The second kappa shape index (κ2) is 8.29. The van der Waals surface area contributed by atoms with Gasteiger partial charge in [-0.3, -0.25) is 4.79 Å². The highest BCUT2D eigenvalue weighted by molar-refractivity contribution is 7.18. The largest absolute Gasteiger partial charge is 0.481 e. The summed E-state index contributed by atoms with van der Waals surface area (Å²) in [6.07, 6.45) is -3.68. The minimum absolute atomic E-state index is 0.194. The van der Waals surface area contributed by atoms with Gasteiger partial charge in [-0.05, 0) is 36.6 Å². The predicted octanol–water partition coefficient (Wildman–Crippen LogP) is 4.76. The van der Waals surface area contributed by atoms with Crippen molar-refractivity contribution in [3.8, 4) is 0 Å². The van der Waals surface area contributed by atoms with Crippen LogP contribution in [0, 0.1) is 11.7 Å². The molecular formula is C20H18F4N4O2S. The van der Waals surface area contributed by atoms with Crippen LogP contribution in [0.1, 0.15) is 23.3 Å². The Morgan fingerprint density at radius 1 is 1.19 bits per heavy atom. The van der Waals surface area contributed by atoms with Crippen molar-refractivity contribution in [3.63, 3.8) is 0 Å². The molecule has 0 spiro atoms. The lowest BCUT2D eigenvalue weighted by Gasteiger charge is -2.30. The molecule has 1 aliphatic heterocycles. The number of alkyl halides is 3. The number of carboxylic acids is 1. The number of carbonyl (C=O) groups is 1. The average Bonchev–Trinajstić information content (AvgIpc) is 3.18. The molecule has 0 amide bonds. The van der Waals surface area contributed by atoms with Gasteiger partial charge < -0.3 is 15.3 Å². The van der Waals surface area contributed by atoms with Gasteiger partial charge in [-0.15, -0.1) is 11.3 Å². The second-order valence-electron chi connectivity index (χ2n) is 7.28. The Balaban J connectivity index is 1.65. The summed E-state index contributed by atoms with van der Waals surface area (Å²) in [7, 11) is 0. The van der Waals surface area contributed by atoms with Crippen LogP contribution in [0.4, 0.5) is 29.3 Å². The minimum atomic E-state index is -4.50. The van der Waals surface area contributed by atoms with E-state index in [0.717, 1.165) is 11.6 Å². The number of aromatic nitrogens is 2. The van der Waals surface area contributed by atoms with E-state index < -0.39 is 22.9 Å². The van der Waals surface area contributed by atoms with Gasteiger partial charge in [0.15, 0.2) is 0 Å². The zero-order valence-electron chi connectivity index (χ0n) is 16.1. The number of halogens is 4. The molecule has 0 bridgehead atoms. The highest BCUT2D eigenvalue weighted by Gasteiger charge is 2.34. The Labute approximate surface area is 178 Å². The average molecular weight is 454 g/mol. The number of piperidine rings is 1. The quantitative estimate of drug-likeness (QED) is 0.541. The van der Waals surface area contributed by atoms with Crippen molar-refractivity contribution in [2.45, 2.75) is 25.6 Å². The third-order valence-electron chi connectivity index (χ3n) is 5.16. The standard InChI is InChI=1S/C20H18F4N4O2S/c21-13-3-1-11(2-4-13)10-25-16-14-9-15(20(22,23)24)31-17(14)27-19(26-16)28-7-5-12(6-8-28)18(29)30/h1-4,9,12H,5-8,10H2,(H,29,30)(H,25,26,27). The molecule has 2 N–H and O–H groups in total. The minimum Gasteiger partial charge on any atom is -0.481 e. The lowest BCUT2D eigenvalue weighted by molar-refractivity contribution is -0.142. The zero-order chi connectivity index (χ0) is 22.2. The van der Waals surface area contributed by atoms with E-state index in [1.165, 1.54) is 12.1 Å². The fraction of sp³-hybridized carbons (Fsp3) is 0.350. The first-order chi connectivity index (χ1) is 14.7. The monoisotopic (exact) mass is 454 g/mol. The fourth-order valence-electron chi connectivity index (χ4n) is 3.44. The SMILES string of the molecule is O=C(O)C1CCN(c2nc(NCc3ccc(F)cc3)c3cc(C(F)(F)F)sc3n2)CC1. The smallest absolute Gasteiger partial charge is 0.425 e. The first kappa shape index (κ1) is 21.3. The van der Waals surface area contributed by atoms with Crippen LogP contribution in [0.25, 0.3) is 10.2 Å². The predicted molar refractivity (Wildman–Crippen MR) is 109 cm³/mol. The van der Waals surface area contributed by atoms with Crippen molar-refractivity contribution < 1.29 is 27.5 Å². The normalized spacial score (nSPS) is 15.4. The van der Waals surface area contributed by atoms with Gasteiger partial charge in [-0.1, -0.05) is 12.1 Å². The first-order valence-electron chi connectivity index (χ1n) is 9.55. The molecule has 0 saturated carbocycles. The van der Waals surface area contributed by atoms with Crippen LogP contribution in [0.3, 0.4) is 0 Å². The molecule has 1 saturated heterocycles. The molecule has 6 nitrogen and oxygen atoms in total. The molecule has 1 aliphatic rings. The number of nitrogens with zero attached hydrogens (tertiary/aromatic N) is 3. The van der Waals surface area contributed by atoms with Gasteiger partial charge in [-0.2, -0.15) is 18.2 Å². The van der Waals surface area contributed by atoms with Crippen molar-refractivity contribution in [1.29, 1.82) is 0 Å². The lowest BCUT2D eigenvalue weighted by Crippen LogP contribution is -2.37. The second-order valence-corrected chi connectivity index (χ2v) is 8.31. The third kappa shape index (κ3) is 4.71. The molecule has 3 heterocycles. The molecule has 3 aromatic rings. The zero-order valence-corrected chi connectivity index (χ0v) is 16.9. The van der Waals surface area contributed by atoms with Gasteiger partial charge in [0.2, 0.25) is 5.95 Å². The van der Waals surface area contributed by atoms with E-state index in [-0.39, 0.29) is 34.3 Å². The molecule has 1 aromatic carbocycles. The summed E-state index contributed by atoms with van der Waals surface area (Å²) in [4.78, 5) is 21.2. The van der Waals surface area contributed by atoms with Crippen LogP contribution in [-0.2, 0) is 17.5 Å². The number of fused-ring (bicyclic) bond motifs is 1. The maximum atomic E-state index is 13.3. The summed E-state index contributed by atoms with van der Waals surface area (Å²) in [6, 6.07) is 6.78. The van der Waals surface area contributed by atoms with Crippen LogP contribution in [0.5, 0.6) is 0 Å². The Kier molecular flexibility index (Phi) is 5.69. The molecule has 31 heavy (non-hydrogen) atoms. The van der Waals surface area contributed by atoms with E-state index in [1.807, 2.05) is 0 Å². The van der Waals surface area contributed by atoms with E-state index in [1.54, 1.807) is 17.0 Å². The van der Waals surface area contributed by atoms with Gasteiger partial charge >= 0.3 is 12.1 Å². The summed E-state index contributed by atoms with van der Waals surface area (Å²) < 4.78 is 52.9. The number of aliphatic carboxylic acids is 1. The van der Waals surface area contributed by atoms with Crippen molar-refractivity contribution in [2.24, 2.45) is 5.92 Å². The molecule has 164 valence electrons. The maximum Gasteiger partial charge on any atom is 0.425 e. The van der Waals surface area contributed by atoms with E-state index >= 15 is 0 Å². The topological polar surface area (TPSA) is 78.3 Å². The summed E-state index contributed by atoms with van der Waals surface area (Å²) >= 11 is 0.539. The highest BCUT2D eigenvalue weighted by atomic mass is 32.1. The van der Waals surface area contributed by atoms with Gasteiger partial charge in [-0.25, -0.2) is 9.37 Å². The fourth-order valence-corrected chi connectivity index (χ4v) is 4.33. The number of anilines is 2. The summed E-state index contributed by atoms with van der Waals surface area (Å²) in [5.41, 5.74) is 0.739. The lowest BCUT2D eigenvalue weighted by atomic mass is 9.97. The van der Waals surface area contributed by atoms with E-state index in [4.69, 9.17) is 5.11 Å². The molecule has 0 radical (unpaired) electrons. The van der Waals surface area contributed by atoms with Gasteiger partial charge in [0.25, 0.3) is 0 Å². The number of carboxylic acid groups (broad SMARTS) is 1. The third-order valence-corrected chi connectivity index (χ3v) is 6.23. The van der Waals surface area contributed by atoms with E-state index in [2.05, 4.69) is 15.3 Å². The van der Waals surface area contributed by atoms with E-state index in [0.29, 0.717) is 37.3 Å². The Morgan fingerprint density at radius 2 is 1.87 bits per heavy atom.